The summed E-state index contributed by atoms with van der Waals surface area (Å²) in [5, 5.41) is 0. The Morgan fingerprint density at radius 2 is 2.00 bits per heavy atom. The third-order valence-electron chi connectivity index (χ3n) is 4.68. The summed E-state index contributed by atoms with van der Waals surface area (Å²) in [4.78, 5) is 2.60. The number of hydrogen-bond donors (Lipinski definition) is 1. The second-order valence-electron chi connectivity index (χ2n) is 5.99. The molecule has 18 heavy (non-hydrogen) atoms. The van der Waals surface area contributed by atoms with Gasteiger partial charge in [0.15, 0.2) is 0 Å². The maximum absolute atomic E-state index is 5.95. The summed E-state index contributed by atoms with van der Waals surface area (Å²) in [6.07, 6.45) is 7.17. The molecule has 0 atom stereocenters. The van der Waals surface area contributed by atoms with E-state index in [-0.39, 0.29) is 0 Å². The summed E-state index contributed by atoms with van der Waals surface area (Å²) >= 11 is 3.61. The molecule has 0 unspecified atom stereocenters. The Morgan fingerprint density at radius 1 is 1.22 bits per heavy atom. The van der Waals surface area contributed by atoms with Crippen molar-refractivity contribution < 1.29 is 0 Å². The smallest absolute Gasteiger partial charge is 0.0461 e. The summed E-state index contributed by atoms with van der Waals surface area (Å²) < 4.78 is 1.08. The van der Waals surface area contributed by atoms with Crippen LogP contribution in [-0.2, 0) is 6.54 Å². The fourth-order valence-electron chi connectivity index (χ4n) is 3.66. The quantitative estimate of drug-likeness (QED) is 0.842. The van der Waals surface area contributed by atoms with E-state index in [0.29, 0.717) is 5.41 Å². The van der Waals surface area contributed by atoms with Gasteiger partial charge in [0.1, 0.15) is 0 Å². The van der Waals surface area contributed by atoms with E-state index in [1.807, 2.05) is 6.07 Å². The Labute approximate surface area is 118 Å². The van der Waals surface area contributed by atoms with Crippen LogP contribution in [0.1, 0.15) is 37.7 Å². The Kier molecular flexibility index (Phi) is 3.37. The SMILES string of the molecule is Nc1cccc(CN2CCC3(CCCC3)C2)c1Br. The van der Waals surface area contributed by atoms with Gasteiger partial charge in [-0.25, -0.2) is 0 Å². The summed E-state index contributed by atoms with van der Waals surface area (Å²) in [6.45, 7) is 3.57. The number of nitrogens with two attached hydrogens (primary N) is 1. The molecule has 1 aliphatic heterocycles. The Balaban J connectivity index is 1.69. The fraction of sp³-hybridized carbons (Fsp3) is 0.600. The lowest BCUT2D eigenvalue weighted by Gasteiger charge is -2.24. The van der Waals surface area contributed by atoms with E-state index in [0.717, 1.165) is 16.7 Å². The van der Waals surface area contributed by atoms with Crippen LogP contribution in [0.25, 0.3) is 0 Å². The van der Waals surface area contributed by atoms with Gasteiger partial charge in [-0.05, 0) is 58.8 Å². The van der Waals surface area contributed by atoms with Crippen LogP contribution >= 0.6 is 15.9 Å². The van der Waals surface area contributed by atoms with E-state index in [4.69, 9.17) is 5.73 Å². The molecule has 2 aliphatic rings. The van der Waals surface area contributed by atoms with Crippen LogP contribution in [0.3, 0.4) is 0 Å². The normalized spacial score (nSPS) is 22.9. The van der Waals surface area contributed by atoms with Crippen molar-refractivity contribution in [3.05, 3.63) is 28.2 Å². The fourth-order valence-corrected chi connectivity index (χ4v) is 4.05. The lowest BCUT2D eigenvalue weighted by molar-refractivity contribution is 0.256. The molecule has 3 rings (SSSR count). The summed E-state index contributed by atoms with van der Waals surface area (Å²) in [5.41, 5.74) is 8.78. The van der Waals surface area contributed by atoms with Gasteiger partial charge in [0.2, 0.25) is 0 Å². The van der Waals surface area contributed by atoms with Crippen molar-refractivity contribution in [2.45, 2.75) is 38.6 Å². The number of hydrogen-bond acceptors (Lipinski definition) is 2. The number of halogens is 1. The van der Waals surface area contributed by atoms with E-state index in [1.54, 1.807) is 0 Å². The van der Waals surface area contributed by atoms with Crippen molar-refractivity contribution in [1.29, 1.82) is 0 Å². The van der Waals surface area contributed by atoms with Crippen LogP contribution in [0.4, 0.5) is 5.69 Å². The van der Waals surface area contributed by atoms with E-state index < -0.39 is 0 Å². The molecule has 1 saturated carbocycles. The molecule has 3 heteroatoms. The number of nitrogen functional groups attached to an aromatic ring is 1. The largest absolute Gasteiger partial charge is 0.398 e. The first kappa shape index (κ1) is 12.5. The first-order valence-corrected chi connectivity index (χ1v) is 7.73. The van der Waals surface area contributed by atoms with Crippen LogP contribution in [0.2, 0.25) is 0 Å². The van der Waals surface area contributed by atoms with Crippen molar-refractivity contribution in [3.63, 3.8) is 0 Å². The summed E-state index contributed by atoms with van der Waals surface area (Å²) in [6, 6.07) is 6.19. The maximum atomic E-state index is 5.95. The Morgan fingerprint density at radius 3 is 2.78 bits per heavy atom. The maximum Gasteiger partial charge on any atom is 0.0461 e. The third kappa shape index (κ3) is 2.30. The van der Waals surface area contributed by atoms with Gasteiger partial charge in [0.05, 0.1) is 0 Å². The van der Waals surface area contributed by atoms with E-state index in [1.165, 1.54) is 50.8 Å². The number of nitrogens with zero attached hydrogens (tertiary/aromatic N) is 1. The molecule has 1 spiro atoms. The molecular weight excluding hydrogens is 288 g/mol. The third-order valence-corrected chi connectivity index (χ3v) is 5.65. The minimum atomic E-state index is 0.660. The minimum Gasteiger partial charge on any atom is -0.398 e. The van der Waals surface area contributed by atoms with Crippen molar-refractivity contribution in [2.24, 2.45) is 5.41 Å². The zero-order valence-corrected chi connectivity index (χ0v) is 12.4. The molecule has 1 aromatic carbocycles. The van der Waals surface area contributed by atoms with Gasteiger partial charge in [-0.15, -0.1) is 0 Å². The second-order valence-corrected chi connectivity index (χ2v) is 6.78. The van der Waals surface area contributed by atoms with E-state index in [9.17, 15) is 0 Å². The van der Waals surface area contributed by atoms with E-state index in [2.05, 4.69) is 33.0 Å². The van der Waals surface area contributed by atoms with Crippen molar-refractivity contribution in [3.8, 4) is 0 Å². The molecule has 2 fully saturated rings. The van der Waals surface area contributed by atoms with Crippen molar-refractivity contribution in [2.75, 3.05) is 18.8 Å². The van der Waals surface area contributed by atoms with Gasteiger partial charge in [0.25, 0.3) is 0 Å². The Bertz CT molecular complexity index is 438. The lowest BCUT2D eigenvalue weighted by Crippen LogP contribution is -2.25. The molecule has 98 valence electrons. The monoisotopic (exact) mass is 308 g/mol. The lowest BCUT2D eigenvalue weighted by atomic mass is 9.86. The molecule has 1 heterocycles. The highest BCUT2D eigenvalue weighted by Crippen LogP contribution is 2.45. The van der Waals surface area contributed by atoms with Crippen LogP contribution in [0.15, 0.2) is 22.7 Å². The van der Waals surface area contributed by atoms with Crippen LogP contribution in [0, 0.1) is 5.41 Å². The molecule has 0 radical (unpaired) electrons. The number of anilines is 1. The summed E-state index contributed by atoms with van der Waals surface area (Å²) in [7, 11) is 0. The van der Waals surface area contributed by atoms with Gasteiger partial charge in [-0.3, -0.25) is 4.90 Å². The van der Waals surface area contributed by atoms with Crippen molar-refractivity contribution in [1.82, 2.24) is 4.90 Å². The summed E-state index contributed by atoms with van der Waals surface area (Å²) in [5.74, 6) is 0. The highest BCUT2D eigenvalue weighted by Gasteiger charge is 2.39. The van der Waals surface area contributed by atoms with Gasteiger partial charge >= 0.3 is 0 Å². The average molecular weight is 309 g/mol. The molecule has 0 bridgehead atoms. The molecule has 1 aliphatic carbocycles. The zero-order valence-electron chi connectivity index (χ0n) is 10.8. The second kappa shape index (κ2) is 4.86. The number of likely N-dealkylation sites (tertiary alicyclic amines) is 1. The topological polar surface area (TPSA) is 29.3 Å². The zero-order chi connectivity index (χ0) is 12.6. The Hall–Kier alpha value is -0.540. The standard InChI is InChI=1S/C15H21BrN2/c16-14-12(4-3-5-13(14)17)10-18-9-8-15(11-18)6-1-2-7-15/h3-5H,1-2,6-11,17H2. The van der Waals surface area contributed by atoms with Crippen molar-refractivity contribution >= 4 is 21.6 Å². The van der Waals surface area contributed by atoms with E-state index >= 15 is 0 Å². The van der Waals surface area contributed by atoms with Crippen LogP contribution < -0.4 is 5.73 Å². The van der Waals surface area contributed by atoms with Gasteiger partial charge in [0, 0.05) is 23.2 Å². The van der Waals surface area contributed by atoms with Crippen LogP contribution in [0.5, 0.6) is 0 Å². The molecule has 0 aromatic heterocycles. The highest BCUT2D eigenvalue weighted by atomic mass is 79.9. The number of rotatable bonds is 2. The molecule has 0 amide bonds. The molecule has 2 nitrogen and oxygen atoms in total. The predicted octanol–water partition coefficient (Wildman–Crippen LogP) is 3.80. The van der Waals surface area contributed by atoms with Crippen LogP contribution in [-0.4, -0.2) is 18.0 Å². The van der Waals surface area contributed by atoms with Gasteiger partial charge in [-0.2, -0.15) is 0 Å². The molecular formula is C15H21BrN2. The van der Waals surface area contributed by atoms with Gasteiger partial charge in [-0.1, -0.05) is 25.0 Å². The minimum absolute atomic E-state index is 0.660. The number of benzene rings is 1. The average Bonchev–Trinajstić information content (AvgIpc) is 2.97. The predicted molar refractivity (Wildman–Crippen MR) is 79.3 cm³/mol. The first-order valence-electron chi connectivity index (χ1n) is 6.94. The molecule has 1 aromatic rings. The highest BCUT2D eigenvalue weighted by molar-refractivity contribution is 9.10. The molecule has 1 saturated heterocycles. The first-order chi connectivity index (χ1) is 8.69. The molecule has 2 N–H and O–H groups in total. The van der Waals surface area contributed by atoms with Gasteiger partial charge < -0.3 is 5.73 Å².